The van der Waals surface area contributed by atoms with E-state index < -0.39 is 35.3 Å². The molecule has 0 radical (unpaired) electrons. The highest BCUT2D eigenvalue weighted by Gasteiger charge is 2.61. The number of carbonyl (C=O) groups excluding carboxylic acids is 2. The third-order valence-electron chi connectivity index (χ3n) is 6.55. The molecule has 1 saturated heterocycles. The van der Waals surface area contributed by atoms with Crippen LogP contribution in [0.2, 0.25) is 0 Å². The molecule has 1 aliphatic heterocycles. The third-order valence-corrected chi connectivity index (χ3v) is 7.39. The maximum absolute atomic E-state index is 14.1. The minimum Gasteiger partial charge on any atom is -0.482 e. The molecule has 1 fully saturated rings. The molecule has 0 unspecified atom stereocenters. The van der Waals surface area contributed by atoms with Crippen LogP contribution in [0, 0.1) is 11.8 Å². The van der Waals surface area contributed by atoms with E-state index in [1.807, 2.05) is 26.0 Å². The van der Waals surface area contributed by atoms with Crippen LogP contribution in [0.5, 0.6) is 0 Å². The zero-order valence-electron chi connectivity index (χ0n) is 22.2. The molecule has 37 heavy (non-hydrogen) atoms. The number of carboxylic acids is 1. The van der Waals surface area contributed by atoms with Gasteiger partial charge in [0.2, 0.25) is 5.91 Å². The van der Waals surface area contributed by atoms with Crippen molar-refractivity contribution in [3.63, 3.8) is 0 Å². The van der Waals surface area contributed by atoms with Crippen molar-refractivity contribution < 1.29 is 24.2 Å². The molecule has 1 aliphatic rings. The number of carbonyl (C=O) groups is 3. The summed E-state index contributed by atoms with van der Waals surface area (Å²) >= 11 is 1.29. The summed E-state index contributed by atoms with van der Waals surface area (Å²) in [6, 6.07) is 6.36. The number of ether oxygens (including phenoxy) is 1. The molecule has 3 atom stereocenters. The van der Waals surface area contributed by atoms with Crippen molar-refractivity contribution in [1.82, 2.24) is 15.3 Å². The van der Waals surface area contributed by atoms with Crippen LogP contribution in [-0.2, 0) is 19.7 Å². The lowest BCUT2D eigenvalue weighted by atomic mass is 9.83. The zero-order chi connectivity index (χ0) is 27.4. The Morgan fingerprint density at radius 3 is 2.49 bits per heavy atom. The number of nitrogens with one attached hydrogen (secondary N) is 1. The van der Waals surface area contributed by atoms with Crippen LogP contribution < -0.4 is 5.43 Å². The smallest absolute Gasteiger partial charge is 0.329 e. The highest BCUT2D eigenvalue weighted by Crippen LogP contribution is 2.51. The van der Waals surface area contributed by atoms with Gasteiger partial charge in [0.15, 0.2) is 6.40 Å². The Kier molecular flexibility index (Phi) is 8.73. The van der Waals surface area contributed by atoms with Gasteiger partial charge in [-0.25, -0.2) is 15.2 Å². The first kappa shape index (κ1) is 28.3. The first-order chi connectivity index (χ1) is 17.4. The third kappa shape index (κ3) is 6.01. The number of aromatic nitrogens is 1. The lowest BCUT2D eigenvalue weighted by Gasteiger charge is -2.38. The van der Waals surface area contributed by atoms with Gasteiger partial charge in [0.1, 0.15) is 10.5 Å². The lowest BCUT2D eigenvalue weighted by molar-refractivity contribution is -0.150. The van der Waals surface area contributed by atoms with Crippen LogP contribution in [0.1, 0.15) is 81.4 Å². The predicted molar refractivity (Wildman–Crippen MR) is 142 cm³/mol. The van der Waals surface area contributed by atoms with Crippen LogP contribution >= 0.6 is 11.3 Å². The van der Waals surface area contributed by atoms with Crippen LogP contribution in [0.3, 0.4) is 0 Å². The quantitative estimate of drug-likeness (QED) is 0.279. The highest BCUT2D eigenvalue weighted by molar-refractivity contribution is 7.09. The molecule has 2 amide bonds. The minimum atomic E-state index is -1.60. The van der Waals surface area contributed by atoms with E-state index in [1.54, 1.807) is 30.6 Å². The van der Waals surface area contributed by atoms with Gasteiger partial charge in [0.25, 0.3) is 5.91 Å². The number of nitrogens with zero attached hydrogens (tertiary/aromatic N) is 3. The fourth-order valence-corrected chi connectivity index (χ4v) is 5.70. The average Bonchev–Trinajstić information content (AvgIpc) is 3.47. The van der Waals surface area contributed by atoms with E-state index in [4.69, 9.17) is 4.74 Å². The summed E-state index contributed by atoms with van der Waals surface area (Å²) in [6.45, 7) is 12.2. The summed E-state index contributed by atoms with van der Waals surface area (Å²) in [5, 5.41) is 16.7. The Labute approximate surface area is 221 Å². The van der Waals surface area contributed by atoms with Crippen molar-refractivity contribution in [2.45, 2.75) is 71.4 Å². The molecule has 0 aliphatic carbocycles. The molecule has 2 heterocycles. The number of hydrazone groups is 1. The number of likely N-dealkylation sites (tertiary alicyclic amines) is 1. The number of thiazole rings is 1. The Balaban J connectivity index is 2.13. The fraction of sp³-hybridized carbons (Fsp3) is 0.519. The maximum Gasteiger partial charge on any atom is 0.329 e. The van der Waals surface area contributed by atoms with Crippen molar-refractivity contribution in [2.75, 3.05) is 6.61 Å². The summed E-state index contributed by atoms with van der Waals surface area (Å²) in [7, 11) is 0. The molecule has 9 nitrogen and oxygen atoms in total. The van der Waals surface area contributed by atoms with Gasteiger partial charge in [-0.15, -0.1) is 16.4 Å². The lowest BCUT2D eigenvalue weighted by Crippen LogP contribution is -2.54. The second kappa shape index (κ2) is 11.4. The maximum atomic E-state index is 14.1. The molecular weight excluding hydrogens is 492 g/mol. The van der Waals surface area contributed by atoms with Crippen LogP contribution in [0.4, 0.5) is 0 Å². The molecular formula is C27H36N4O5S. The number of amides is 2. The number of hydrogen-bond donors (Lipinski definition) is 2. The van der Waals surface area contributed by atoms with Gasteiger partial charge >= 0.3 is 5.97 Å². The Morgan fingerprint density at radius 2 is 1.97 bits per heavy atom. The molecule has 2 aromatic rings. The monoisotopic (exact) mass is 528 g/mol. The van der Waals surface area contributed by atoms with Gasteiger partial charge in [-0.3, -0.25) is 9.59 Å². The molecule has 0 bridgehead atoms. The highest BCUT2D eigenvalue weighted by atomic mass is 32.1. The van der Waals surface area contributed by atoms with Crippen LogP contribution in [-0.4, -0.2) is 51.3 Å². The van der Waals surface area contributed by atoms with Crippen molar-refractivity contribution in [3.8, 4) is 0 Å². The molecule has 0 saturated carbocycles. The van der Waals surface area contributed by atoms with E-state index in [-0.39, 0.29) is 24.2 Å². The Bertz CT molecular complexity index is 1120. The number of carboxylic acid groups (broad SMARTS) is 1. The van der Waals surface area contributed by atoms with E-state index in [0.717, 1.165) is 12.0 Å². The van der Waals surface area contributed by atoms with Crippen molar-refractivity contribution in [1.29, 1.82) is 0 Å². The summed E-state index contributed by atoms with van der Waals surface area (Å²) < 4.78 is 5.05. The topological polar surface area (TPSA) is 121 Å². The van der Waals surface area contributed by atoms with Crippen molar-refractivity contribution in [3.05, 3.63) is 52.0 Å². The van der Waals surface area contributed by atoms with Crippen molar-refractivity contribution >= 4 is 35.5 Å². The second-order valence-electron chi connectivity index (χ2n) is 10.7. The summed E-state index contributed by atoms with van der Waals surface area (Å²) in [4.78, 5) is 46.2. The SMILES string of the molecule is CCO/C=N\NC(=O)[C@H]1C[C@@](CC(C)C)(C(=O)O)N(C(=O)c2ccc(C(C)(C)C)cc2)[C@H]1c1nccs1. The fourth-order valence-electron chi connectivity index (χ4n) is 4.91. The number of rotatable bonds is 9. The second-order valence-corrected chi connectivity index (χ2v) is 11.7. The van der Waals surface area contributed by atoms with Crippen molar-refractivity contribution in [2.24, 2.45) is 16.9 Å². The van der Waals surface area contributed by atoms with Gasteiger partial charge in [0.05, 0.1) is 18.6 Å². The van der Waals surface area contributed by atoms with E-state index >= 15 is 0 Å². The first-order valence-electron chi connectivity index (χ1n) is 12.4. The molecule has 2 N–H and O–H groups in total. The Morgan fingerprint density at radius 1 is 1.30 bits per heavy atom. The molecule has 200 valence electrons. The van der Waals surface area contributed by atoms with Crippen LogP contribution in [0.15, 0.2) is 40.9 Å². The average molecular weight is 529 g/mol. The number of benzene rings is 1. The van der Waals surface area contributed by atoms with Gasteiger partial charge in [0, 0.05) is 17.1 Å². The summed E-state index contributed by atoms with van der Waals surface area (Å²) in [5.41, 5.74) is 2.16. The Hall–Kier alpha value is -3.27. The number of aliphatic carboxylic acids is 1. The molecule has 3 rings (SSSR count). The molecule has 10 heteroatoms. The normalized spacial score (nSPS) is 22.0. The molecule has 1 aromatic carbocycles. The predicted octanol–water partition coefficient (Wildman–Crippen LogP) is 4.61. The molecule has 1 aromatic heterocycles. The van der Waals surface area contributed by atoms with Gasteiger partial charge in [-0.2, -0.15) is 0 Å². The molecule has 0 spiro atoms. The van der Waals surface area contributed by atoms with Gasteiger partial charge in [-0.1, -0.05) is 46.8 Å². The zero-order valence-corrected chi connectivity index (χ0v) is 23.0. The largest absolute Gasteiger partial charge is 0.482 e. The van der Waals surface area contributed by atoms with Gasteiger partial charge in [-0.05, 0) is 48.8 Å². The van der Waals surface area contributed by atoms with Gasteiger partial charge < -0.3 is 14.7 Å². The first-order valence-corrected chi connectivity index (χ1v) is 13.3. The van der Waals surface area contributed by atoms with E-state index in [2.05, 4.69) is 36.3 Å². The van der Waals surface area contributed by atoms with Crippen LogP contribution in [0.25, 0.3) is 0 Å². The number of hydrogen-bond acceptors (Lipinski definition) is 7. The van der Waals surface area contributed by atoms with E-state index in [9.17, 15) is 19.5 Å². The van der Waals surface area contributed by atoms with E-state index in [0.29, 0.717) is 17.2 Å². The van der Waals surface area contributed by atoms with E-state index in [1.165, 1.54) is 16.2 Å². The summed E-state index contributed by atoms with van der Waals surface area (Å²) in [6.07, 6.45) is 2.84. The minimum absolute atomic E-state index is 0.0515. The summed E-state index contributed by atoms with van der Waals surface area (Å²) in [5.74, 6) is -3.02. The standard InChI is InChI=1S/C27H36N4O5S/c1-7-36-16-29-30-22(32)20-15-27(25(34)35,14-17(2)3)31(21(20)23-28-12-13-37-23)24(33)18-8-10-19(11-9-18)26(4,5)6/h8-13,16-17,20-21H,7,14-15H2,1-6H3,(H,30,32)(H,34,35)/b29-16-/t20-,21+,27-/m0/s1.